The number of anilines is 1. The predicted octanol–water partition coefficient (Wildman–Crippen LogP) is 2.51. The van der Waals surface area contributed by atoms with E-state index in [0.717, 1.165) is 76.0 Å². The van der Waals surface area contributed by atoms with Gasteiger partial charge in [0.1, 0.15) is 5.82 Å². The SMILES string of the molecule is Cc1ccc(N2CCC[C@]3(CCN(C4CCC(O)CC4)C3=O)C2)nc1. The van der Waals surface area contributed by atoms with Crippen LogP contribution in [0, 0.1) is 12.3 Å². The molecule has 1 spiro atoms. The van der Waals surface area contributed by atoms with Gasteiger partial charge >= 0.3 is 0 Å². The van der Waals surface area contributed by atoms with Gasteiger partial charge in [-0.1, -0.05) is 6.07 Å². The molecular formula is C20H29N3O2. The Bertz CT molecular complexity index is 624. The lowest BCUT2D eigenvalue weighted by atomic mass is 9.78. The number of nitrogens with zero attached hydrogens (tertiary/aromatic N) is 3. The second kappa shape index (κ2) is 6.60. The van der Waals surface area contributed by atoms with E-state index in [0.29, 0.717) is 11.9 Å². The molecular weight excluding hydrogens is 314 g/mol. The number of carbonyl (C=O) groups excluding carboxylic acids is 1. The van der Waals surface area contributed by atoms with Gasteiger partial charge in [0.25, 0.3) is 0 Å². The van der Waals surface area contributed by atoms with Gasteiger partial charge in [-0.2, -0.15) is 0 Å². The summed E-state index contributed by atoms with van der Waals surface area (Å²) in [5.74, 6) is 1.35. The molecule has 1 atom stereocenters. The van der Waals surface area contributed by atoms with Crippen LogP contribution in [0.5, 0.6) is 0 Å². The Morgan fingerprint density at radius 2 is 1.96 bits per heavy atom. The van der Waals surface area contributed by atoms with E-state index in [9.17, 15) is 9.90 Å². The first-order chi connectivity index (χ1) is 12.1. The van der Waals surface area contributed by atoms with Gasteiger partial charge in [0.2, 0.25) is 5.91 Å². The number of pyridine rings is 1. The molecule has 2 saturated heterocycles. The van der Waals surface area contributed by atoms with Crippen molar-refractivity contribution in [2.45, 2.75) is 64.0 Å². The third-order valence-corrected chi connectivity index (χ3v) is 6.45. The molecule has 136 valence electrons. The largest absolute Gasteiger partial charge is 0.393 e. The summed E-state index contributed by atoms with van der Waals surface area (Å²) in [5, 5.41) is 9.74. The van der Waals surface area contributed by atoms with Crippen LogP contribution < -0.4 is 4.90 Å². The van der Waals surface area contributed by atoms with E-state index in [1.165, 1.54) is 0 Å². The molecule has 1 aromatic heterocycles. The van der Waals surface area contributed by atoms with E-state index in [1.54, 1.807) is 0 Å². The number of aliphatic hydroxyl groups excluding tert-OH is 1. The lowest BCUT2D eigenvalue weighted by molar-refractivity contribution is -0.139. The van der Waals surface area contributed by atoms with Crippen molar-refractivity contribution < 1.29 is 9.90 Å². The summed E-state index contributed by atoms with van der Waals surface area (Å²) in [6.07, 6.45) is 8.33. The standard InChI is InChI=1S/C20H29N3O2/c1-15-3-8-18(21-13-15)22-11-2-9-20(14-22)10-12-23(19(20)25)16-4-6-17(24)7-5-16/h3,8,13,16-17,24H,2,4-7,9-12,14H2,1H3/t16?,17?,20-/m0/s1. The molecule has 1 aliphatic carbocycles. The van der Waals surface area contributed by atoms with Gasteiger partial charge in [0.15, 0.2) is 0 Å². The van der Waals surface area contributed by atoms with Gasteiger partial charge in [-0.05, 0) is 63.5 Å². The third kappa shape index (κ3) is 3.14. The Labute approximate surface area is 150 Å². The van der Waals surface area contributed by atoms with Crippen molar-refractivity contribution in [2.24, 2.45) is 5.41 Å². The smallest absolute Gasteiger partial charge is 0.230 e. The molecule has 1 N–H and O–H groups in total. The Morgan fingerprint density at radius 3 is 2.68 bits per heavy atom. The maximum absolute atomic E-state index is 13.3. The van der Waals surface area contributed by atoms with Crippen molar-refractivity contribution in [3.8, 4) is 0 Å². The zero-order chi connectivity index (χ0) is 17.4. The number of hydrogen-bond acceptors (Lipinski definition) is 4. The first-order valence-electron chi connectivity index (χ1n) is 9.74. The molecule has 0 aromatic carbocycles. The van der Waals surface area contributed by atoms with Crippen LogP contribution in [-0.4, -0.2) is 52.7 Å². The number of aromatic nitrogens is 1. The first kappa shape index (κ1) is 16.8. The molecule has 25 heavy (non-hydrogen) atoms. The quantitative estimate of drug-likeness (QED) is 0.896. The minimum Gasteiger partial charge on any atom is -0.393 e. The number of aryl methyl sites for hydroxylation is 1. The molecule has 4 rings (SSSR count). The van der Waals surface area contributed by atoms with E-state index in [2.05, 4.69) is 26.9 Å². The second-order valence-corrected chi connectivity index (χ2v) is 8.21. The normalized spacial score (nSPS) is 33.3. The molecule has 5 heteroatoms. The average Bonchev–Trinajstić information content (AvgIpc) is 2.93. The molecule has 1 saturated carbocycles. The summed E-state index contributed by atoms with van der Waals surface area (Å²) in [6, 6.07) is 4.51. The van der Waals surface area contributed by atoms with E-state index in [4.69, 9.17) is 0 Å². The number of rotatable bonds is 2. The number of hydrogen-bond donors (Lipinski definition) is 1. The fourth-order valence-corrected chi connectivity index (χ4v) is 4.92. The van der Waals surface area contributed by atoms with Crippen LogP contribution in [0.15, 0.2) is 18.3 Å². The summed E-state index contributed by atoms with van der Waals surface area (Å²) in [7, 11) is 0. The predicted molar refractivity (Wildman–Crippen MR) is 97.4 cm³/mol. The van der Waals surface area contributed by atoms with Crippen LogP contribution in [0.3, 0.4) is 0 Å². The fraction of sp³-hybridized carbons (Fsp3) is 0.700. The van der Waals surface area contributed by atoms with Gasteiger partial charge in [-0.15, -0.1) is 0 Å². The molecule has 3 aliphatic rings. The molecule has 2 aliphatic heterocycles. The Morgan fingerprint density at radius 1 is 1.16 bits per heavy atom. The van der Waals surface area contributed by atoms with Gasteiger partial charge in [-0.3, -0.25) is 4.79 Å². The molecule has 3 heterocycles. The zero-order valence-corrected chi connectivity index (χ0v) is 15.2. The molecule has 1 aromatic rings. The number of likely N-dealkylation sites (tertiary alicyclic amines) is 1. The number of aliphatic hydroxyl groups is 1. The topological polar surface area (TPSA) is 56.7 Å². The van der Waals surface area contributed by atoms with Crippen molar-refractivity contribution in [1.82, 2.24) is 9.88 Å². The molecule has 5 nitrogen and oxygen atoms in total. The van der Waals surface area contributed by atoms with Crippen LogP contribution in [0.2, 0.25) is 0 Å². The summed E-state index contributed by atoms with van der Waals surface area (Å²) < 4.78 is 0. The Hall–Kier alpha value is -1.62. The summed E-state index contributed by atoms with van der Waals surface area (Å²) in [5.41, 5.74) is 0.944. The van der Waals surface area contributed by atoms with Crippen LogP contribution in [0.25, 0.3) is 0 Å². The van der Waals surface area contributed by atoms with E-state index in [1.807, 2.05) is 13.1 Å². The monoisotopic (exact) mass is 343 g/mol. The van der Waals surface area contributed by atoms with Crippen molar-refractivity contribution in [1.29, 1.82) is 0 Å². The summed E-state index contributed by atoms with van der Waals surface area (Å²) in [4.78, 5) is 22.3. The minimum absolute atomic E-state index is 0.166. The minimum atomic E-state index is -0.221. The second-order valence-electron chi connectivity index (χ2n) is 8.21. The van der Waals surface area contributed by atoms with Crippen molar-refractivity contribution in [2.75, 3.05) is 24.5 Å². The van der Waals surface area contributed by atoms with E-state index in [-0.39, 0.29) is 11.5 Å². The first-order valence-corrected chi connectivity index (χ1v) is 9.74. The lowest BCUT2D eigenvalue weighted by Crippen LogP contribution is -2.50. The van der Waals surface area contributed by atoms with Crippen molar-refractivity contribution >= 4 is 11.7 Å². The van der Waals surface area contributed by atoms with E-state index < -0.39 is 0 Å². The lowest BCUT2D eigenvalue weighted by Gasteiger charge is -2.41. The van der Waals surface area contributed by atoms with Crippen LogP contribution in [0.4, 0.5) is 5.82 Å². The zero-order valence-electron chi connectivity index (χ0n) is 15.2. The van der Waals surface area contributed by atoms with Crippen LogP contribution in [-0.2, 0) is 4.79 Å². The number of piperidine rings is 1. The summed E-state index contributed by atoms with van der Waals surface area (Å²) in [6.45, 7) is 4.72. The molecule has 1 amide bonds. The summed E-state index contributed by atoms with van der Waals surface area (Å²) >= 11 is 0. The Balaban J connectivity index is 1.48. The van der Waals surface area contributed by atoms with Crippen molar-refractivity contribution in [3.63, 3.8) is 0 Å². The highest BCUT2D eigenvalue weighted by atomic mass is 16.3. The molecule has 3 fully saturated rings. The average molecular weight is 343 g/mol. The maximum Gasteiger partial charge on any atom is 0.230 e. The molecule has 0 unspecified atom stereocenters. The molecule has 0 bridgehead atoms. The molecule has 0 radical (unpaired) electrons. The Kier molecular flexibility index (Phi) is 4.44. The highest BCUT2D eigenvalue weighted by Crippen LogP contribution is 2.43. The third-order valence-electron chi connectivity index (χ3n) is 6.45. The van der Waals surface area contributed by atoms with Crippen molar-refractivity contribution in [3.05, 3.63) is 23.9 Å². The number of carbonyl (C=O) groups is 1. The van der Waals surface area contributed by atoms with Crippen LogP contribution in [0.1, 0.15) is 50.5 Å². The van der Waals surface area contributed by atoms with Crippen LogP contribution >= 0.6 is 0 Å². The highest BCUT2D eigenvalue weighted by Gasteiger charge is 2.50. The van der Waals surface area contributed by atoms with Gasteiger partial charge < -0.3 is 14.9 Å². The highest BCUT2D eigenvalue weighted by molar-refractivity contribution is 5.86. The maximum atomic E-state index is 13.3. The van der Waals surface area contributed by atoms with Gasteiger partial charge in [-0.25, -0.2) is 4.98 Å². The number of amides is 1. The van der Waals surface area contributed by atoms with Gasteiger partial charge in [0, 0.05) is 31.9 Å². The van der Waals surface area contributed by atoms with Gasteiger partial charge in [0.05, 0.1) is 11.5 Å². The fourth-order valence-electron chi connectivity index (χ4n) is 4.92. The van der Waals surface area contributed by atoms with E-state index >= 15 is 0 Å².